The van der Waals surface area contributed by atoms with Crippen LogP contribution in [0, 0.1) is 0 Å². The number of aromatic nitrogens is 1. The highest BCUT2D eigenvalue weighted by molar-refractivity contribution is 5.90. The molecule has 1 aromatic heterocycles. The number of hydrogen-bond acceptors (Lipinski definition) is 4. The number of pyridine rings is 1. The molecule has 0 aliphatic carbocycles. The summed E-state index contributed by atoms with van der Waals surface area (Å²) in [6.07, 6.45) is 7.17. The zero-order chi connectivity index (χ0) is 18.4. The first-order valence-electron chi connectivity index (χ1n) is 8.49. The minimum Gasteiger partial charge on any atom is -0.497 e. The summed E-state index contributed by atoms with van der Waals surface area (Å²) in [4.78, 5) is 16.1. The Labute approximate surface area is 153 Å². The Morgan fingerprint density at radius 2 is 1.96 bits per heavy atom. The molecule has 1 heterocycles. The van der Waals surface area contributed by atoms with Crippen LogP contribution in [0.1, 0.15) is 18.1 Å². The molecule has 0 bridgehead atoms. The molecule has 0 radical (unpaired) electrons. The third-order valence-electron chi connectivity index (χ3n) is 4.05. The molecule has 3 aromatic rings. The lowest BCUT2D eigenvalue weighted by Crippen LogP contribution is -2.15. The van der Waals surface area contributed by atoms with Crippen molar-refractivity contribution in [2.75, 3.05) is 7.11 Å². The molecule has 4 heteroatoms. The smallest absolute Gasteiger partial charge is 0.331 e. The zero-order valence-electron chi connectivity index (χ0n) is 14.9. The van der Waals surface area contributed by atoms with Crippen LogP contribution in [0.2, 0.25) is 0 Å². The summed E-state index contributed by atoms with van der Waals surface area (Å²) in [7, 11) is 1.65. The molecule has 0 saturated carbocycles. The number of nitrogens with zero attached hydrogens (tertiary/aromatic N) is 1. The molecule has 0 aliphatic heterocycles. The van der Waals surface area contributed by atoms with Crippen molar-refractivity contribution in [2.45, 2.75) is 19.4 Å². The van der Waals surface area contributed by atoms with E-state index in [0.717, 1.165) is 27.6 Å². The highest BCUT2D eigenvalue weighted by Crippen LogP contribution is 2.22. The third kappa shape index (κ3) is 4.70. The number of hydrogen-bond donors (Lipinski definition) is 0. The molecule has 0 saturated heterocycles. The van der Waals surface area contributed by atoms with Crippen LogP contribution in [0.15, 0.2) is 67.0 Å². The van der Waals surface area contributed by atoms with E-state index in [9.17, 15) is 4.79 Å². The monoisotopic (exact) mass is 347 g/mol. The van der Waals surface area contributed by atoms with E-state index in [2.05, 4.69) is 4.98 Å². The molecule has 2 aromatic carbocycles. The largest absolute Gasteiger partial charge is 0.497 e. The summed E-state index contributed by atoms with van der Waals surface area (Å²) in [6, 6.07) is 15.7. The normalized spacial score (nSPS) is 12.2. The Morgan fingerprint density at radius 1 is 1.15 bits per heavy atom. The van der Waals surface area contributed by atoms with Crippen molar-refractivity contribution < 1.29 is 14.3 Å². The number of carbonyl (C=O) groups is 1. The number of methoxy groups -OCH3 is 1. The predicted octanol–water partition coefficient (Wildman–Crippen LogP) is 4.43. The predicted molar refractivity (Wildman–Crippen MR) is 103 cm³/mol. The molecule has 26 heavy (non-hydrogen) atoms. The van der Waals surface area contributed by atoms with Gasteiger partial charge < -0.3 is 9.47 Å². The molecular formula is C22H21NO3. The van der Waals surface area contributed by atoms with E-state index in [-0.39, 0.29) is 12.1 Å². The molecule has 132 valence electrons. The van der Waals surface area contributed by atoms with Crippen molar-refractivity contribution in [2.24, 2.45) is 0 Å². The Hall–Kier alpha value is -3.14. The highest BCUT2D eigenvalue weighted by atomic mass is 16.5. The van der Waals surface area contributed by atoms with Gasteiger partial charge in [-0.1, -0.05) is 24.3 Å². The second-order valence-electron chi connectivity index (χ2n) is 6.12. The van der Waals surface area contributed by atoms with Crippen LogP contribution in [0.25, 0.3) is 16.8 Å². The fourth-order valence-corrected chi connectivity index (χ4v) is 2.77. The van der Waals surface area contributed by atoms with Crippen LogP contribution in [-0.2, 0) is 16.0 Å². The van der Waals surface area contributed by atoms with E-state index >= 15 is 0 Å². The Balaban J connectivity index is 1.61. The third-order valence-corrected chi connectivity index (χ3v) is 4.05. The first-order chi connectivity index (χ1) is 12.6. The number of carbonyl (C=O) groups excluding carboxylic acids is 1. The summed E-state index contributed by atoms with van der Waals surface area (Å²) >= 11 is 0. The van der Waals surface area contributed by atoms with Gasteiger partial charge in [0.05, 0.1) is 7.11 Å². The maximum absolute atomic E-state index is 12.0. The van der Waals surface area contributed by atoms with Crippen molar-refractivity contribution in [3.8, 4) is 5.75 Å². The molecule has 1 unspecified atom stereocenters. The van der Waals surface area contributed by atoms with Gasteiger partial charge in [0.15, 0.2) is 0 Å². The van der Waals surface area contributed by atoms with Crippen molar-refractivity contribution in [3.63, 3.8) is 0 Å². The SMILES string of the molecule is COc1ccc2cc(/C=C/C(=O)OC(C)Cc3cccnc3)ccc2c1. The first-order valence-corrected chi connectivity index (χ1v) is 8.49. The molecule has 0 N–H and O–H groups in total. The van der Waals surface area contributed by atoms with Crippen LogP contribution < -0.4 is 4.74 Å². The van der Waals surface area contributed by atoms with E-state index in [1.807, 2.05) is 55.5 Å². The highest BCUT2D eigenvalue weighted by Gasteiger charge is 2.08. The number of rotatable bonds is 6. The van der Waals surface area contributed by atoms with E-state index in [1.165, 1.54) is 6.08 Å². The van der Waals surface area contributed by atoms with Crippen LogP contribution >= 0.6 is 0 Å². The van der Waals surface area contributed by atoms with Gasteiger partial charge in [-0.15, -0.1) is 0 Å². The van der Waals surface area contributed by atoms with Crippen LogP contribution in [0.4, 0.5) is 0 Å². The maximum Gasteiger partial charge on any atom is 0.331 e. The topological polar surface area (TPSA) is 48.4 Å². The lowest BCUT2D eigenvalue weighted by Gasteiger charge is -2.11. The summed E-state index contributed by atoms with van der Waals surface area (Å²) in [5.74, 6) is 0.475. The van der Waals surface area contributed by atoms with E-state index in [1.54, 1.807) is 25.6 Å². The van der Waals surface area contributed by atoms with Crippen LogP contribution in [0.5, 0.6) is 5.75 Å². The summed E-state index contributed by atoms with van der Waals surface area (Å²) in [5, 5.41) is 2.18. The van der Waals surface area contributed by atoms with E-state index in [4.69, 9.17) is 9.47 Å². The quantitative estimate of drug-likeness (QED) is 0.489. The van der Waals surface area contributed by atoms with Gasteiger partial charge in [0.2, 0.25) is 0 Å². The molecule has 0 amide bonds. The minimum absolute atomic E-state index is 0.208. The molecule has 1 atom stereocenters. The van der Waals surface area contributed by atoms with E-state index in [0.29, 0.717) is 6.42 Å². The lowest BCUT2D eigenvalue weighted by molar-refractivity contribution is -0.141. The summed E-state index contributed by atoms with van der Waals surface area (Å²) in [5.41, 5.74) is 1.99. The maximum atomic E-state index is 12.0. The van der Waals surface area contributed by atoms with Crippen molar-refractivity contribution in [1.82, 2.24) is 4.98 Å². The zero-order valence-corrected chi connectivity index (χ0v) is 14.9. The Bertz CT molecular complexity index is 919. The molecule has 0 spiro atoms. The second kappa shape index (κ2) is 8.30. The summed E-state index contributed by atoms with van der Waals surface area (Å²) < 4.78 is 10.7. The summed E-state index contributed by atoms with van der Waals surface area (Å²) in [6.45, 7) is 1.88. The molecular weight excluding hydrogens is 326 g/mol. The average molecular weight is 347 g/mol. The number of esters is 1. The van der Waals surface area contributed by atoms with Gasteiger partial charge in [-0.25, -0.2) is 4.79 Å². The average Bonchev–Trinajstić information content (AvgIpc) is 2.66. The number of fused-ring (bicyclic) bond motifs is 1. The minimum atomic E-state index is -0.351. The Morgan fingerprint density at radius 3 is 2.73 bits per heavy atom. The fourth-order valence-electron chi connectivity index (χ4n) is 2.77. The van der Waals surface area contributed by atoms with Gasteiger partial charge in [-0.3, -0.25) is 4.98 Å². The molecule has 4 nitrogen and oxygen atoms in total. The van der Waals surface area contributed by atoms with Crippen molar-refractivity contribution >= 4 is 22.8 Å². The first kappa shape index (κ1) is 17.7. The van der Waals surface area contributed by atoms with Crippen molar-refractivity contribution in [1.29, 1.82) is 0 Å². The van der Waals surface area contributed by atoms with E-state index < -0.39 is 0 Å². The standard InChI is InChI=1S/C22H21NO3/c1-16(12-18-4-3-11-23-15-18)26-22(24)10-6-17-5-7-20-14-21(25-2)9-8-19(20)13-17/h3-11,13-16H,12H2,1-2H3/b10-6+. The van der Waals surface area contributed by atoms with Gasteiger partial charge in [0.25, 0.3) is 0 Å². The molecule has 0 aliphatic rings. The Kier molecular flexibility index (Phi) is 5.64. The van der Waals surface area contributed by atoms with Crippen LogP contribution in [-0.4, -0.2) is 24.2 Å². The van der Waals surface area contributed by atoms with Crippen LogP contribution in [0.3, 0.4) is 0 Å². The van der Waals surface area contributed by atoms with Gasteiger partial charge >= 0.3 is 5.97 Å². The van der Waals surface area contributed by atoms with Gasteiger partial charge in [0, 0.05) is 24.9 Å². The van der Waals surface area contributed by atoms with Gasteiger partial charge in [-0.05, 0) is 59.2 Å². The number of ether oxygens (including phenoxy) is 2. The van der Waals surface area contributed by atoms with Gasteiger partial charge in [0.1, 0.15) is 11.9 Å². The molecule has 0 fully saturated rings. The van der Waals surface area contributed by atoms with Crippen molar-refractivity contribution in [3.05, 3.63) is 78.1 Å². The van der Waals surface area contributed by atoms with Gasteiger partial charge in [-0.2, -0.15) is 0 Å². The lowest BCUT2D eigenvalue weighted by atomic mass is 10.1. The fraction of sp³-hybridized carbons (Fsp3) is 0.182. The molecule has 3 rings (SSSR count). The number of benzene rings is 2. The second-order valence-corrected chi connectivity index (χ2v) is 6.12.